The molecule has 0 atom stereocenters. The van der Waals surface area contributed by atoms with Gasteiger partial charge in [-0.05, 0) is 0 Å². The van der Waals surface area contributed by atoms with Gasteiger partial charge in [-0.1, -0.05) is 0 Å². The molecule has 0 bridgehead atoms. The molecule has 0 aromatic rings. The Morgan fingerprint density at radius 1 is 1.50 bits per heavy atom. The Balaban J connectivity index is 3.24. The highest BCUT2D eigenvalue weighted by Gasteiger charge is 2.28. The molecule has 0 fully saturated rings. The number of carbonyl (C=O) groups excluding carboxylic acids is 1. The van der Waals surface area contributed by atoms with Crippen LogP contribution in [-0.4, -0.2) is 19.3 Å². The second-order valence-electron chi connectivity index (χ2n) is 0.923. The number of aldehydes is 1. The predicted molar refractivity (Wildman–Crippen MR) is 18.1 cm³/mol. The van der Waals surface area contributed by atoms with Crippen LogP contribution >= 0.6 is 0 Å². The molecule has 0 radical (unpaired) electrons. The van der Waals surface area contributed by atoms with Crippen LogP contribution in [0.25, 0.3) is 0 Å². The average molecular weight is 128 g/mol. The van der Waals surface area contributed by atoms with E-state index in [-0.39, 0.29) is 6.29 Å². The summed E-state index contributed by atoms with van der Waals surface area (Å²) in [6.45, 7) is -0.927. The maximum absolute atomic E-state index is 10.9. The summed E-state index contributed by atoms with van der Waals surface area (Å²) in [6, 6.07) is 0. The fourth-order valence-electron chi connectivity index (χ4n) is 0.129. The number of halogens is 3. The highest BCUT2D eigenvalue weighted by molar-refractivity contribution is 5.50. The lowest BCUT2D eigenvalue weighted by molar-refractivity contribution is -0.319. The summed E-state index contributed by atoms with van der Waals surface area (Å²) in [5.74, 6) is 0. The van der Waals surface area contributed by atoms with Gasteiger partial charge in [-0.2, -0.15) is 0 Å². The molecule has 5 heteroatoms. The molecule has 0 saturated heterocycles. The lowest BCUT2D eigenvalue weighted by Crippen LogP contribution is -2.14. The van der Waals surface area contributed by atoms with E-state index in [0.29, 0.717) is 0 Å². The molecular formula is C3H3F3O2. The SMILES string of the molecule is O=CCOC(F)(F)F. The van der Waals surface area contributed by atoms with Crippen LogP contribution in [0.3, 0.4) is 0 Å². The Morgan fingerprint density at radius 3 is 2.12 bits per heavy atom. The lowest BCUT2D eigenvalue weighted by Gasteiger charge is -2.00. The van der Waals surface area contributed by atoms with Gasteiger partial charge >= 0.3 is 6.36 Å². The first-order valence-corrected chi connectivity index (χ1v) is 1.70. The molecule has 0 heterocycles. The Bertz CT molecular complexity index is 77.1. The Hall–Kier alpha value is -0.580. The van der Waals surface area contributed by atoms with Gasteiger partial charge in [0.25, 0.3) is 0 Å². The second-order valence-corrected chi connectivity index (χ2v) is 0.923. The summed E-state index contributed by atoms with van der Waals surface area (Å²) < 4.78 is 35.6. The zero-order valence-electron chi connectivity index (χ0n) is 3.73. The first kappa shape index (κ1) is 7.42. The maximum atomic E-state index is 10.9. The first-order chi connectivity index (χ1) is 3.56. The third kappa shape index (κ3) is 5.42. The quantitative estimate of drug-likeness (QED) is 0.512. The van der Waals surface area contributed by atoms with Crippen molar-refractivity contribution in [2.45, 2.75) is 6.36 Å². The van der Waals surface area contributed by atoms with Crippen LogP contribution in [0.2, 0.25) is 0 Å². The van der Waals surface area contributed by atoms with Crippen LogP contribution in [0.5, 0.6) is 0 Å². The monoisotopic (exact) mass is 128 g/mol. The maximum Gasteiger partial charge on any atom is 0.522 e. The zero-order valence-corrected chi connectivity index (χ0v) is 3.73. The van der Waals surface area contributed by atoms with Gasteiger partial charge in [-0.15, -0.1) is 13.2 Å². The van der Waals surface area contributed by atoms with Crippen molar-refractivity contribution < 1.29 is 22.7 Å². The molecule has 0 aliphatic heterocycles. The van der Waals surface area contributed by atoms with Crippen LogP contribution in [0.4, 0.5) is 13.2 Å². The predicted octanol–water partition coefficient (Wildman–Crippen LogP) is 0.722. The van der Waals surface area contributed by atoms with E-state index in [0.717, 1.165) is 0 Å². The first-order valence-electron chi connectivity index (χ1n) is 1.70. The molecule has 0 spiro atoms. The van der Waals surface area contributed by atoms with Gasteiger partial charge in [-0.3, -0.25) is 4.74 Å². The summed E-state index contributed by atoms with van der Waals surface area (Å²) in [5, 5.41) is 0. The summed E-state index contributed by atoms with van der Waals surface area (Å²) in [7, 11) is 0. The summed E-state index contributed by atoms with van der Waals surface area (Å²) in [4.78, 5) is 9.23. The number of rotatable bonds is 2. The van der Waals surface area contributed by atoms with Gasteiger partial charge in [0, 0.05) is 0 Å². The molecular weight excluding hydrogens is 125 g/mol. The van der Waals surface area contributed by atoms with Crippen molar-refractivity contribution in [3.05, 3.63) is 0 Å². The van der Waals surface area contributed by atoms with Gasteiger partial charge in [-0.25, -0.2) is 0 Å². The summed E-state index contributed by atoms with van der Waals surface area (Å²) >= 11 is 0. The average Bonchev–Trinajstić information content (AvgIpc) is 1.59. The van der Waals surface area contributed by atoms with Crippen molar-refractivity contribution >= 4 is 6.29 Å². The number of carbonyl (C=O) groups is 1. The van der Waals surface area contributed by atoms with Crippen LogP contribution < -0.4 is 0 Å². The molecule has 0 aromatic carbocycles. The van der Waals surface area contributed by atoms with E-state index in [1.165, 1.54) is 0 Å². The molecule has 0 aliphatic carbocycles. The van der Waals surface area contributed by atoms with Gasteiger partial charge < -0.3 is 4.79 Å². The van der Waals surface area contributed by atoms with Crippen molar-refractivity contribution in [1.82, 2.24) is 0 Å². The highest BCUT2D eigenvalue weighted by atomic mass is 19.4. The van der Waals surface area contributed by atoms with Crippen molar-refractivity contribution in [2.24, 2.45) is 0 Å². The van der Waals surface area contributed by atoms with Crippen molar-refractivity contribution in [1.29, 1.82) is 0 Å². The largest absolute Gasteiger partial charge is 0.522 e. The van der Waals surface area contributed by atoms with Gasteiger partial charge in [0.2, 0.25) is 0 Å². The molecule has 0 aromatic heterocycles. The van der Waals surface area contributed by atoms with E-state index < -0.39 is 13.0 Å². The standard InChI is InChI=1S/C3H3F3O2/c4-3(5,6)8-2-1-7/h1H,2H2. The molecule has 0 aliphatic rings. The van der Waals surface area contributed by atoms with Crippen molar-refractivity contribution in [3.63, 3.8) is 0 Å². The Labute approximate surface area is 43.2 Å². The van der Waals surface area contributed by atoms with E-state index in [9.17, 15) is 18.0 Å². The molecule has 0 rings (SSSR count). The minimum absolute atomic E-state index is 0.0352. The van der Waals surface area contributed by atoms with E-state index in [1.807, 2.05) is 0 Å². The molecule has 0 unspecified atom stereocenters. The molecule has 0 saturated carbocycles. The van der Waals surface area contributed by atoms with Gasteiger partial charge in [0.05, 0.1) is 0 Å². The van der Waals surface area contributed by atoms with Crippen LogP contribution in [0.15, 0.2) is 0 Å². The topological polar surface area (TPSA) is 26.3 Å². The Morgan fingerprint density at radius 2 is 2.00 bits per heavy atom. The minimum Gasteiger partial charge on any atom is -0.301 e. The second kappa shape index (κ2) is 2.66. The molecule has 48 valence electrons. The zero-order chi connectivity index (χ0) is 6.62. The number of hydrogen-bond donors (Lipinski definition) is 0. The molecule has 0 N–H and O–H groups in total. The fraction of sp³-hybridized carbons (Fsp3) is 0.667. The van der Waals surface area contributed by atoms with Gasteiger partial charge in [0.15, 0.2) is 0 Å². The van der Waals surface area contributed by atoms with Crippen molar-refractivity contribution in [3.8, 4) is 0 Å². The third-order valence-electron chi connectivity index (χ3n) is 0.315. The normalized spacial score (nSPS) is 11.4. The highest BCUT2D eigenvalue weighted by Crippen LogP contribution is 2.14. The lowest BCUT2D eigenvalue weighted by atomic mass is 10.8. The van der Waals surface area contributed by atoms with Crippen LogP contribution in [0.1, 0.15) is 0 Å². The number of ether oxygens (including phenoxy) is 1. The molecule has 0 amide bonds. The fourth-order valence-corrected chi connectivity index (χ4v) is 0.129. The minimum atomic E-state index is -4.68. The van der Waals surface area contributed by atoms with E-state index >= 15 is 0 Å². The van der Waals surface area contributed by atoms with Gasteiger partial charge in [0.1, 0.15) is 12.9 Å². The van der Waals surface area contributed by atoms with E-state index in [2.05, 4.69) is 4.74 Å². The smallest absolute Gasteiger partial charge is 0.301 e. The number of alkyl halides is 3. The van der Waals surface area contributed by atoms with E-state index in [4.69, 9.17) is 0 Å². The van der Waals surface area contributed by atoms with Crippen LogP contribution in [0, 0.1) is 0 Å². The Kier molecular flexibility index (Phi) is 2.47. The number of hydrogen-bond acceptors (Lipinski definition) is 2. The summed E-state index contributed by atoms with van der Waals surface area (Å²) in [6.07, 6.45) is -4.64. The summed E-state index contributed by atoms with van der Waals surface area (Å²) in [5.41, 5.74) is 0. The van der Waals surface area contributed by atoms with Crippen LogP contribution in [-0.2, 0) is 9.53 Å². The molecule has 2 nitrogen and oxygen atoms in total. The van der Waals surface area contributed by atoms with E-state index in [1.54, 1.807) is 0 Å². The third-order valence-corrected chi connectivity index (χ3v) is 0.315. The molecule has 8 heavy (non-hydrogen) atoms. The van der Waals surface area contributed by atoms with Crippen molar-refractivity contribution in [2.75, 3.05) is 6.61 Å².